The fourth-order valence-electron chi connectivity index (χ4n) is 1.99. The van der Waals surface area contributed by atoms with Gasteiger partial charge in [0, 0.05) is 11.3 Å². The van der Waals surface area contributed by atoms with E-state index in [1.54, 1.807) is 24.3 Å². The summed E-state index contributed by atoms with van der Waals surface area (Å²) in [6, 6.07) is 11.1. The van der Waals surface area contributed by atoms with Crippen LogP contribution >= 0.6 is 12.6 Å². The highest BCUT2D eigenvalue weighted by Crippen LogP contribution is 2.25. The van der Waals surface area contributed by atoms with Crippen molar-refractivity contribution in [3.05, 3.63) is 69.3 Å². The van der Waals surface area contributed by atoms with Crippen LogP contribution in [-0.2, 0) is 28.4 Å². The molecule has 0 aromatic heterocycles. The molecule has 24 heavy (non-hydrogen) atoms. The Morgan fingerprint density at radius 2 is 1.83 bits per heavy atom. The molecular formula is C16H15NO6S. The number of nitrogens with zero attached hydrogens (tertiary/aromatic N) is 1. The molecule has 0 aliphatic carbocycles. The zero-order valence-corrected chi connectivity index (χ0v) is 13.4. The number of ether oxygens (including phenoxy) is 1. The van der Waals surface area contributed by atoms with Gasteiger partial charge in [-0.25, -0.2) is 0 Å². The maximum absolute atomic E-state index is 12.0. The van der Waals surface area contributed by atoms with Crippen LogP contribution in [0.1, 0.15) is 16.7 Å². The first-order chi connectivity index (χ1) is 11.5. The van der Waals surface area contributed by atoms with E-state index >= 15 is 0 Å². The highest BCUT2D eigenvalue weighted by atomic mass is 32.1. The summed E-state index contributed by atoms with van der Waals surface area (Å²) >= 11 is 4.13. The Kier molecular flexibility index (Phi) is 6.02. The van der Waals surface area contributed by atoms with Gasteiger partial charge in [-0.1, -0.05) is 24.3 Å². The molecule has 7 nitrogen and oxygen atoms in total. The quantitative estimate of drug-likeness (QED) is 0.262. The minimum absolute atomic E-state index is 0.0449. The average molecular weight is 349 g/mol. The highest BCUT2D eigenvalue weighted by Gasteiger charge is 2.10. The maximum Gasteiger partial charge on any atom is 0.315 e. The molecule has 0 bridgehead atoms. The second-order valence-corrected chi connectivity index (χ2v) is 5.23. The Labute approximate surface area is 143 Å². The van der Waals surface area contributed by atoms with Gasteiger partial charge in [-0.3, -0.25) is 4.79 Å². The summed E-state index contributed by atoms with van der Waals surface area (Å²) in [5.74, 6) is 0.288. The van der Waals surface area contributed by atoms with Gasteiger partial charge in [0.05, 0.1) is 6.42 Å². The van der Waals surface area contributed by atoms with Crippen LogP contribution in [-0.4, -0.2) is 16.2 Å². The van der Waals surface area contributed by atoms with Crippen LogP contribution in [0.15, 0.2) is 42.5 Å². The molecule has 0 heterocycles. The van der Waals surface area contributed by atoms with Crippen LogP contribution in [0.2, 0.25) is 0 Å². The number of hydrogen-bond donors (Lipinski definition) is 2. The molecule has 2 rings (SSSR count). The molecule has 1 N–H and O–H groups in total. The monoisotopic (exact) mass is 349 g/mol. The molecular weight excluding hydrogens is 334 g/mol. The van der Waals surface area contributed by atoms with E-state index in [1.807, 2.05) is 0 Å². The number of carbonyl (C=O) groups is 1. The number of phenolic OH excluding ortho intramolecular Hbond substituents is 1. The van der Waals surface area contributed by atoms with Crippen molar-refractivity contribution in [3.63, 3.8) is 0 Å². The van der Waals surface area contributed by atoms with Crippen LogP contribution < -0.4 is 4.74 Å². The third-order valence-corrected chi connectivity index (χ3v) is 3.49. The van der Waals surface area contributed by atoms with Gasteiger partial charge < -0.3 is 14.7 Å². The lowest BCUT2D eigenvalue weighted by atomic mass is 10.1. The lowest BCUT2D eigenvalue weighted by Crippen LogP contribution is -2.12. The Morgan fingerprint density at radius 1 is 1.17 bits per heavy atom. The first-order valence-corrected chi connectivity index (χ1v) is 7.59. The largest absolute Gasteiger partial charge is 0.508 e. The molecule has 126 valence electrons. The van der Waals surface area contributed by atoms with Crippen molar-refractivity contribution in [1.82, 2.24) is 0 Å². The van der Waals surface area contributed by atoms with Crippen molar-refractivity contribution >= 4 is 18.6 Å². The SMILES string of the molecule is O=C(Cc1ccc(CO[N+](=O)[O-])cc1)Oc1ccc(O)cc1CS. The van der Waals surface area contributed by atoms with Gasteiger partial charge in [0.1, 0.15) is 18.1 Å². The second-order valence-electron chi connectivity index (χ2n) is 4.91. The Morgan fingerprint density at radius 3 is 2.46 bits per heavy atom. The lowest BCUT2D eigenvalue weighted by Gasteiger charge is -2.09. The summed E-state index contributed by atoms with van der Waals surface area (Å²) in [7, 11) is 0. The van der Waals surface area contributed by atoms with Gasteiger partial charge in [-0.15, -0.1) is 10.1 Å². The summed E-state index contributed by atoms with van der Waals surface area (Å²) in [6.45, 7) is -0.142. The molecule has 2 aromatic carbocycles. The van der Waals surface area contributed by atoms with Gasteiger partial charge in [-0.05, 0) is 29.3 Å². The van der Waals surface area contributed by atoms with E-state index in [-0.39, 0.29) is 18.8 Å². The fraction of sp³-hybridized carbons (Fsp3) is 0.188. The van der Waals surface area contributed by atoms with E-state index in [4.69, 9.17) is 4.74 Å². The first-order valence-electron chi connectivity index (χ1n) is 6.96. The molecule has 0 aliphatic heterocycles. The molecule has 0 amide bonds. The molecule has 0 aliphatic rings. The maximum atomic E-state index is 12.0. The molecule has 0 spiro atoms. The number of rotatable bonds is 7. The number of aromatic hydroxyl groups is 1. The fourth-order valence-corrected chi connectivity index (χ4v) is 2.24. The van der Waals surface area contributed by atoms with Crippen molar-refractivity contribution < 1.29 is 24.6 Å². The van der Waals surface area contributed by atoms with Gasteiger partial charge in [0.2, 0.25) is 0 Å². The van der Waals surface area contributed by atoms with E-state index in [0.29, 0.717) is 28.2 Å². The molecule has 0 atom stereocenters. The van der Waals surface area contributed by atoms with Crippen molar-refractivity contribution in [3.8, 4) is 11.5 Å². The van der Waals surface area contributed by atoms with Crippen molar-refractivity contribution in [2.45, 2.75) is 18.8 Å². The molecule has 0 saturated heterocycles. The molecule has 0 fully saturated rings. The molecule has 0 radical (unpaired) electrons. The lowest BCUT2D eigenvalue weighted by molar-refractivity contribution is -0.763. The zero-order chi connectivity index (χ0) is 17.5. The third-order valence-electron chi connectivity index (χ3n) is 3.15. The highest BCUT2D eigenvalue weighted by molar-refractivity contribution is 7.79. The predicted octanol–water partition coefficient (Wildman–Crippen LogP) is 2.68. The minimum atomic E-state index is -0.859. The van der Waals surface area contributed by atoms with Crippen LogP contribution in [0.4, 0.5) is 0 Å². The van der Waals surface area contributed by atoms with Gasteiger partial charge in [0.25, 0.3) is 5.09 Å². The predicted molar refractivity (Wildman–Crippen MR) is 88.4 cm³/mol. The average Bonchev–Trinajstić information content (AvgIpc) is 2.55. The smallest absolute Gasteiger partial charge is 0.315 e. The molecule has 2 aromatic rings. The Hall–Kier alpha value is -2.74. The van der Waals surface area contributed by atoms with E-state index in [0.717, 1.165) is 0 Å². The third kappa shape index (κ3) is 5.17. The van der Waals surface area contributed by atoms with E-state index in [2.05, 4.69) is 17.5 Å². The Balaban J connectivity index is 1.96. The summed E-state index contributed by atoms with van der Waals surface area (Å²) < 4.78 is 5.29. The van der Waals surface area contributed by atoms with E-state index in [9.17, 15) is 20.0 Å². The van der Waals surface area contributed by atoms with Crippen molar-refractivity contribution in [2.75, 3.05) is 0 Å². The summed E-state index contributed by atoms with van der Waals surface area (Å²) in [4.78, 5) is 26.4. The zero-order valence-electron chi connectivity index (χ0n) is 12.5. The van der Waals surface area contributed by atoms with Gasteiger partial charge >= 0.3 is 5.97 Å². The first kappa shape index (κ1) is 17.6. The van der Waals surface area contributed by atoms with Gasteiger partial charge in [-0.2, -0.15) is 12.6 Å². The standard InChI is InChI=1S/C16H15NO6S/c18-14-5-6-15(13(8-14)10-24)23-16(19)7-11-1-3-12(4-2-11)9-22-17(20)21/h1-6,8,18,24H,7,9-10H2. The van der Waals surface area contributed by atoms with Crippen LogP contribution in [0.5, 0.6) is 11.5 Å². The van der Waals surface area contributed by atoms with Crippen LogP contribution in [0.25, 0.3) is 0 Å². The van der Waals surface area contributed by atoms with Gasteiger partial charge in [0.15, 0.2) is 0 Å². The molecule has 8 heteroatoms. The number of hydrogen-bond acceptors (Lipinski definition) is 7. The number of carbonyl (C=O) groups excluding carboxylic acids is 1. The summed E-state index contributed by atoms with van der Waals surface area (Å²) in [6.07, 6.45) is 0.0449. The number of thiol groups is 1. The van der Waals surface area contributed by atoms with Crippen molar-refractivity contribution in [2.24, 2.45) is 0 Å². The second kappa shape index (κ2) is 8.21. The van der Waals surface area contributed by atoms with Crippen molar-refractivity contribution in [1.29, 1.82) is 0 Å². The minimum Gasteiger partial charge on any atom is -0.508 e. The topological polar surface area (TPSA) is 98.9 Å². The number of esters is 1. The summed E-state index contributed by atoms with van der Waals surface area (Å²) in [5, 5.41) is 18.7. The number of benzene rings is 2. The normalized spacial score (nSPS) is 10.2. The Bertz CT molecular complexity index is 732. The van der Waals surface area contributed by atoms with Crippen LogP contribution in [0, 0.1) is 10.1 Å². The van der Waals surface area contributed by atoms with Crippen LogP contribution in [0.3, 0.4) is 0 Å². The van der Waals surface area contributed by atoms with E-state index in [1.165, 1.54) is 18.2 Å². The number of phenols is 1. The van der Waals surface area contributed by atoms with E-state index < -0.39 is 11.1 Å². The summed E-state index contributed by atoms with van der Waals surface area (Å²) in [5.41, 5.74) is 1.94. The molecule has 0 unspecified atom stereocenters. The molecule has 0 saturated carbocycles.